The molecule has 4 aromatic carbocycles. The number of nitrogens with one attached hydrogen (secondary N) is 2. The van der Waals surface area contributed by atoms with Crippen LogP contribution in [0.1, 0.15) is 46.3 Å². The second-order valence-electron chi connectivity index (χ2n) is 8.94. The molecule has 3 nitrogen and oxygen atoms in total. The van der Waals surface area contributed by atoms with Crippen LogP contribution in [0.25, 0.3) is 0 Å². The van der Waals surface area contributed by atoms with Crippen molar-refractivity contribution in [2.24, 2.45) is 0 Å². The Balaban J connectivity index is 1.51. The first kappa shape index (κ1) is 24.1. The number of hydrogen-bond acceptors (Lipinski definition) is 3. The van der Waals surface area contributed by atoms with Crippen molar-refractivity contribution in [1.82, 2.24) is 10.9 Å². The van der Waals surface area contributed by atoms with Gasteiger partial charge in [-0.3, -0.25) is 10.2 Å². The number of benzene rings is 4. The van der Waals surface area contributed by atoms with Crippen LogP contribution in [0.2, 0.25) is 0 Å². The van der Waals surface area contributed by atoms with Gasteiger partial charge in [0.2, 0.25) is 0 Å². The third-order valence-corrected chi connectivity index (χ3v) is 7.91. The van der Waals surface area contributed by atoms with Gasteiger partial charge in [-0.2, -0.15) is 0 Å². The van der Waals surface area contributed by atoms with E-state index in [-0.39, 0.29) is 5.91 Å². The second kappa shape index (κ2) is 11.4. The number of hydrazine groups is 1. The van der Waals surface area contributed by atoms with E-state index in [0.29, 0.717) is 10.8 Å². The van der Waals surface area contributed by atoms with E-state index in [9.17, 15) is 4.79 Å². The van der Waals surface area contributed by atoms with Crippen LogP contribution in [0, 0.1) is 0 Å². The number of rotatable bonds is 8. The van der Waals surface area contributed by atoms with Gasteiger partial charge in [-0.15, -0.1) is 11.8 Å². The third kappa shape index (κ3) is 5.15. The van der Waals surface area contributed by atoms with Crippen molar-refractivity contribution < 1.29 is 4.79 Å². The van der Waals surface area contributed by atoms with Gasteiger partial charge in [0.05, 0.1) is 5.56 Å². The van der Waals surface area contributed by atoms with Crippen molar-refractivity contribution in [3.05, 3.63) is 150 Å². The maximum Gasteiger partial charge on any atom is 0.266 e. The molecule has 4 heteroatoms. The van der Waals surface area contributed by atoms with Gasteiger partial charge in [-0.05, 0) is 48.1 Å². The smallest absolute Gasteiger partial charge is 0.266 e. The Morgan fingerprint density at radius 2 is 1.25 bits per heavy atom. The number of thioether (sulfide) groups is 1. The zero-order valence-corrected chi connectivity index (χ0v) is 21.0. The summed E-state index contributed by atoms with van der Waals surface area (Å²) < 4.78 is 0. The standard InChI is InChI=1S/C32H30N2OS/c35-31(29-23-13-14-24-30(29)36-28-21-11-4-12-22-28)33-34-32(25-15-5-1-6-16-25,26-17-7-2-8-18-26)27-19-9-3-10-20-27/h1-3,5-11,13-21,23-24,28,34H,4,12,22H2,(H,33,35). The van der Waals surface area contributed by atoms with E-state index in [4.69, 9.17) is 0 Å². The molecule has 0 radical (unpaired) electrons. The van der Waals surface area contributed by atoms with E-state index >= 15 is 0 Å². The van der Waals surface area contributed by atoms with Crippen LogP contribution in [-0.4, -0.2) is 11.2 Å². The molecule has 1 amide bonds. The molecule has 0 saturated carbocycles. The van der Waals surface area contributed by atoms with E-state index in [1.807, 2.05) is 78.9 Å². The topological polar surface area (TPSA) is 41.1 Å². The van der Waals surface area contributed by atoms with Crippen LogP contribution in [0.15, 0.2) is 132 Å². The van der Waals surface area contributed by atoms with Gasteiger partial charge in [0, 0.05) is 10.1 Å². The Labute approximate surface area is 217 Å². The van der Waals surface area contributed by atoms with Crippen molar-refractivity contribution in [2.45, 2.75) is 34.9 Å². The highest BCUT2D eigenvalue weighted by atomic mass is 32.2. The minimum atomic E-state index is -0.770. The van der Waals surface area contributed by atoms with Crippen LogP contribution in [-0.2, 0) is 5.54 Å². The maximum atomic E-state index is 13.6. The summed E-state index contributed by atoms with van der Waals surface area (Å²) in [7, 11) is 0. The van der Waals surface area contributed by atoms with Crippen molar-refractivity contribution >= 4 is 17.7 Å². The predicted octanol–water partition coefficient (Wildman–Crippen LogP) is 7.11. The van der Waals surface area contributed by atoms with Gasteiger partial charge in [-0.1, -0.05) is 115 Å². The van der Waals surface area contributed by atoms with Crippen molar-refractivity contribution in [2.75, 3.05) is 0 Å². The molecule has 1 unspecified atom stereocenters. The van der Waals surface area contributed by atoms with Gasteiger partial charge < -0.3 is 0 Å². The second-order valence-corrected chi connectivity index (χ2v) is 10.2. The Hall–Kier alpha value is -3.60. The van der Waals surface area contributed by atoms with Crippen LogP contribution >= 0.6 is 11.8 Å². The molecule has 0 spiro atoms. The highest BCUT2D eigenvalue weighted by Gasteiger charge is 2.36. The van der Waals surface area contributed by atoms with Crippen LogP contribution in [0.4, 0.5) is 0 Å². The Bertz CT molecular complexity index is 1210. The highest BCUT2D eigenvalue weighted by Crippen LogP contribution is 2.37. The number of carbonyl (C=O) groups is 1. The normalized spacial score (nSPS) is 15.4. The van der Waals surface area contributed by atoms with E-state index in [0.717, 1.165) is 34.4 Å². The molecule has 2 N–H and O–H groups in total. The minimum Gasteiger partial charge on any atom is -0.286 e. The largest absolute Gasteiger partial charge is 0.286 e. The molecular formula is C32H30N2OS. The molecule has 1 aliphatic carbocycles. The number of hydrogen-bond donors (Lipinski definition) is 2. The Morgan fingerprint density at radius 3 is 1.78 bits per heavy atom. The molecule has 1 aliphatic rings. The summed E-state index contributed by atoms with van der Waals surface area (Å²) >= 11 is 1.77. The van der Waals surface area contributed by atoms with Gasteiger partial charge in [-0.25, -0.2) is 5.43 Å². The van der Waals surface area contributed by atoms with Crippen LogP contribution < -0.4 is 10.9 Å². The molecule has 0 aromatic heterocycles. The van der Waals surface area contributed by atoms with Gasteiger partial charge in [0.15, 0.2) is 0 Å². The summed E-state index contributed by atoms with van der Waals surface area (Å²) in [5, 5.41) is 0.401. The van der Waals surface area contributed by atoms with Crippen molar-refractivity contribution in [3.8, 4) is 0 Å². The molecule has 0 fully saturated rings. The molecule has 0 heterocycles. The summed E-state index contributed by atoms with van der Waals surface area (Å²) in [6.45, 7) is 0. The minimum absolute atomic E-state index is 0.148. The molecule has 4 aromatic rings. The van der Waals surface area contributed by atoms with E-state index in [1.165, 1.54) is 6.42 Å². The van der Waals surface area contributed by atoms with Crippen molar-refractivity contribution in [3.63, 3.8) is 0 Å². The van der Waals surface area contributed by atoms with Gasteiger partial charge in [0.25, 0.3) is 5.91 Å². The van der Waals surface area contributed by atoms with E-state index in [2.05, 4.69) is 59.4 Å². The fraction of sp³-hybridized carbons (Fsp3) is 0.156. The molecule has 0 bridgehead atoms. The molecule has 5 rings (SSSR count). The lowest BCUT2D eigenvalue weighted by molar-refractivity contribution is 0.0915. The van der Waals surface area contributed by atoms with E-state index in [1.54, 1.807) is 11.8 Å². The zero-order valence-electron chi connectivity index (χ0n) is 20.1. The third-order valence-electron chi connectivity index (χ3n) is 6.60. The maximum absolute atomic E-state index is 13.6. The fourth-order valence-corrected chi connectivity index (χ4v) is 6.04. The average Bonchev–Trinajstić information content (AvgIpc) is 2.96. The van der Waals surface area contributed by atoms with Crippen molar-refractivity contribution in [1.29, 1.82) is 0 Å². The highest BCUT2D eigenvalue weighted by molar-refractivity contribution is 8.00. The molecule has 180 valence electrons. The first-order valence-corrected chi connectivity index (χ1v) is 13.3. The van der Waals surface area contributed by atoms with Crippen LogP contribution in [0.5, 0.6) is 0 Å². The Kier molecular flexibility index (Phi) is 7.65. The first-order valence-electron chi connectivity index (χ1n) is 12.4. The summed E-state index contributed by atoms with van der Waals surface area (Å²) in [5.74, 6) is -0.148. The van der Waals surface area contributed by atoms with Crippen LogP contribution in [0.3, 0.4) is 0 Å². The van der Waals surface area contributed by atoms with Gasteiger partial charge in [0.1, 0.15) is 5.54 Å². The lowest BCUT2D eigenvalue weighted by atomic mass is 9.77. The quantitative estimate of drug-likeness (QED) is 0.157. The number of amides is 1. The molecular weight excluding hydrogens is 460 g/mol. The lowest BCUT2D eigenvalue weighted by Crippen LogP contribution is -2.53. The number of carbonyl (C=O) groups excluding carboxylic acids is 1. The number of allylic oxidation sites excluding steroid dienone is 1. The summed E-state index contributed by atoms with van der Waals surface area (Å²) in [5.41, 5.74) is 9.61. The molecule has 0 aliphatic heterocycles. The predicted molar refractivity (Wildman–Crippen MR) is 149 cm³/mol. The average molecular weight is 491 g/mol. The molecule has 0 saturated heterocycles. The first-order chi connectivity index (χ1) is 17.8. The summed E-state index contributed by atoms with van der Waals surface area (Å²) in [6, 6.07) is 38.7. The monoisotopic (exact) mass is 490 g/mol. The zero-order chi connectivity index (χ0) is 24.6. The lowest BCUT2D eigenvalue weighted by Gasteiger charge is -2.37. The summed E-state index contributed by atoms with van der Waals surface area (Å²) in [6.07, 6.45) is 7.99. The Morgan fingerprint density at radius 1 is 0.722 bits per heavy atom. The summed E-state index contributed by atoms with van der Waals surface area (Å²) in [4.78, 5) is 14.6. The molecule has 36 heavy (non-hydrogen) atoms. The van der Waals surface area contributed by atoms with E-state index < -0.39 is 5.54 Å². The van der Waals surface area contributed by atoms with Gasteiger partial charge >= 0.3 is 0 Å². The SMILES string of the molecule is O=C(NNC(c1ccccc1)(c1ccccc1)c1ccccc1)c1ccccc1SC1C=CCCC1. The fourth-order valence-electron chi connectivity index (χ4n) is 4.80. The molecule has 1 atom stereocenters.